The van der Waals surface area contributed by atoms with Crippen LogP contribution in [0, 0.1) is 0 Å². The Bertz CT molecular complexity index is 879. The fourth-order valence-corrected chi connectivity index (χ4v) is 3.25. The van der Waals surface area contributed by atoms with E-state index in [1.807, 2.05) is 42.6 Å². The van der Waals surface area contributed by atoms with Crippen molar-refractivity contribution in [3.8, 4) is 33.1 Å². The van der Waals surface area contributed by atoms with Gasteiger partial charge in [-0.25, -0.2) is 4.98 Å². The third-order valence-corrected chi connectivity index (χ3v) is 4.37. The van der Waals surface area contributed by atoms with Gasteiger partial charge in [0.15, 0.2) is 0 Å². The van der Waals surface area contributed by atoms with Gasteiger partial charge in [0.25, 0.3) is 0 Å². The quantitative estimate of drug-likeness (QED) is 0.587. The standard InChI is InChI=1S/C18H13N3S/c1-3-7-13(8-4-1)15-11-19-21-17(15)18-20-16(12-22-18)14-9-5-2-6-10-14/h1-12H,(H,19,21). The summed E-state index contributed by atoms with van der Waals surface area (Å²) < 4.78 is 0. The first kappa shape index (κ1) is 13.0. The van der Waals surface area contributed by atoms with Gasteiger partial charge in [-0.1, -0.05) is 60.7 Å². The number of aromatic nitrogens is 3. The first-order chi connectivity index (χ1) is 10.9. The second-order valence-corrected chi connectivity index (χ2v) is 5.79. The van der Waals surface area contributed by atoms with E-state index >= 15 is 0 Å². The van der Waals surface area contributed by atoms with Gasteiger partial charge in [0.1, 0.15) is 10.7 Å². The van der Waals surface area contributed by atoms with E-state index < -0.39 is 0 Å². The number of nitrogens with zero attached hydrogens (tertiary/aromatic N) is 2. The van der Waals surface area contributed by atoms with Crippen LogP contribution in [0.2, 0.25) is 0 Å². The van der Waals surface area contributed by atoms with Crippen LogP contribution in [0.5, 0.6) is 0 Å². The second-order valence-electron chi connectivity index (χ2n) is 4.93. The van der Waals surface area contributed by atoms with Crippen LogP contribution in [0.4, 0.5) is 0 Å². The van der Waals surface area contributed by atoms with E-state index in [2.05, 4.69) is 39.8 Å². The minimum absolute atomic E-state index is 0.954. The van der Waals surface area contributed by atoms with Crippen molar-refractivity contribution in [1.82, 2.24) is 15.2 Å². The summed E-state index contributed by atoms with van der Waals surface area (Å²) >= 11 is 1.63. The van der Waals surface area contributed by atoms with Crippen LogP contribution in [-0.2, 0) is 0 Å². The Hall–Kier alpha value is -2.72. The summed E-state index contributed by atoms with van der Waals surface area (Å²) in [5.74, 6) is 0. The predicted octanol–water partition coefficient (Wildman–Crippen LogP) is 4.87. The smallest absolute Gasteiger partial charge is 0.142 e. The van der Waals surface area contributed by atoms with Crippen molar-refractivity contribution in [3.63, 3.8) is 0 Å². The first-order valence-electron chi connectivity index (χ1n) is 7.02. The van der Waals surface area contributed by atoms with Gasteiger partial charge in [-0.15, -0.1) is 11.3 Å². The van der Waals surface area contributed by atoms with E-state index in [1.54, 1.807) is 11.3 Å². The zero-order valence-corrected chi connectivity index (χ0v) is 12.5. The SMILES string of the molecule is c1ccc(-c2csc(-c3[nH]ncc3-c3ccccc3)n2)cc1. The second kappa shape index (κ2) is 5.58. The number of hydrogen-bond acceptors (Lipinski definition) is 3. The van der Waals surface area contributed by atoms with Crippen molar-refractivity contribution in [1.29, 1.82) is 0 Å². The van der Waals surface area contributed by atoms with Gasteiger partial charge in [0.05, 0.1) is 11.9 Å². The summed E-state index contributed by atoms with van der Waals surface area (Å²) in [4.78, 5) is 4.76. The summed E-state index contributed by atoms with van der Waals surface area (Å²) in [6.45, 7) is 0. The molecule has 0 radical (unpaired) electrons. The van der Waals surface area contributed by atoms with Crippen molar-refractivity contribution in [2.24, 2.45) is 0 Å². The molecule has 0 aliphatic heterocycles. The number of aromatic amines is 1. The molecule has 106 valence electrons. The molecule has 2 aromatic heterocycles. The van der Waals surface area contributed by atoms with Gasteiger partial charge >= 0.3 is 0 Å². The predicted molar refractivity (Wildman–Crippen MR) is 90.6 cm³/mol. The van der Waals surface area contributed by atoms with Crippen molar-refractivity contribution in [2.75, 3.05) is 0 Å². The van der Waals surface area contributed by atoms with Gasteiger partial charge in [-0.3, -0.25) is 5.10 Å². The van der Waals surface area contributed by atoms with Gasteiger partial charge in [-0.2, -0.15) is 5.10 Å². The molecule has 0 aliphatic rings. The summed E-state index contributed by atoms with van der Waals surface area (Å²) in [5.41, 5.74) is 5.32. The van der Waals surface area contributed by atoms with Crippen LogP contribution >= 0.6 is 11.3 Å². The van der Waals surface area contributed by atoms with Crippen LogP contribution in [0.3, 0.4) is 0 Å². The molecule has 0 fully saturated rings. The van der Waals surface area contributed by atoms with Crippen LogP contribution in [-0.4, -0.2) is 15.2 Å². The molecule has 3 nitrogen and oxygen atoms in total. The third kappa shape index (κ3) is 2.34. The number of benzene rings is 2. The number of H-pyrrole nitrogens is 1. The van der Waals surface area contributed by atoms with Crippen LogP contribution in [0.1, 0.15) is 0 Å². The maximum absolute atomic E-state index is 4.76. The highest BCUT2D eigenvalue weighted by Crippen LogP contribution is 2.33. The molecule has 0 amide bonds. The highest BCUT2D eigenvalue weighted by Gasteiger charge is 2.13. The maximum Gasteiger partial charge on any atom is 0.142 e. The number of rotatable bonds is 3. The number of nitrogens with one attached hydrogen (secondary N) is 1. The molecule has 4 rings (SSSR count). The summed E-state index contributed by atoms with van der Waals surface area (Å²) in [5, 5.41) is 10.3. The van der Waals surface area contributed by atoms with E-state index in [4.69, 9.17) is 4.98 Å². The molecule has 0 unspecified atom stereocenters. The molecule has 2 heterocycles. The molecular formula is C18H13N3S. The molecule has 0 spiro atoms. The Morgan fingerprint density at radius 1 is 0.818 bits per heavy atom. The molecule has 0 bridgehead atoms. The van der Waals surface area contributed by atoms with E-state index in [0.717, 1.165) is 33.1 Å². The third-order valence-electron chi connectivity index (χ3n) is 3.51. The normalized spacial score (nSPS) is 10.7. The topological polar surface area (TPSA) is 41.6 Å². The zero-order chi connectivity index (χ0) is 14.8. The lowest BCUT2D eigenvalue weighted by Gasteiger charge is -2.00. The highest BCUT2D eigenvalue weighted by molar-refractivity contribution is 7.13. The van der Waals surface area contributed by atoms with E-state index in [1.165, 1.54) is 0 Å². The lowest BCUT2D eigenvalue weighted by atomic mass is 10.1. The maximum atomic E-state index is 4.76. The Morgan fingerprint density at radius 2 is 1.50 bits per heavy atom. The molecule has 2 aromatic carbocycles. The molecule has 4 aromatic rings. The van der Waals surface area contributed by atoms with Crippen LogP contribution in [0.15, 0.2) is 72.2 Å². The average molecular weight is 303 g/mol. The molecule has 1 N–H and O–H groups in total. The first-order valence-corrected chi connectivity index (χ1v) is 7.90. The lowest BCUT2D eigenvalue weighted by Crippen LogP contribution is -1.83. The summed E-state index contributed by atoms with van der Waals surface area (Å²) in [7, 11) is 0. The molecule has 22 heavy (non-hydrogen) atoms. The van der Waals surface area contributed by atoms with Crippen molar-refractivity contribution < 1.29 is 0 Å². The fourth-order valence-electron chi connectivity index (χ4n) is 2.42. The minimum atomic E-state index is 0.954. The summed E-state index contributed by atoms with van der Waals surface area (Å²) in [6.07, 6.45) is 1.86. The average Bonchev–Trinajstić information content (AvgIpc) is 3.25. The molecular weight excluding hydrogens is 290 g/mol. The number of hydrogen-bond donors (Lipinski definition) is 1. The van der Waals surface area contributed by atoms with Crippen molar-refractivity contribution >= 4 is 11.3 Å². The lowest BCUT2D eigenvalue weighted by molar-refractivity contribution is 1.09. The minimum Gasteiger partial charge on any atom is -0.275 e. The molecule has 0 atom stereocenters. The number of thiazole rings is 1. The van der Waals surface area contributed by atoms with E-state index in [-0.39, 0.29) is 0 Å². The Morgan fingerprint density at radius 3 is 2.23 bits per heavy atom. The molecule has 0 saturated carbocycles. The Kier molecular flexibility index (Phi) is 3.29. The molecule has 0 saturated heterocycles. The van der Waals surface area contributed by atoms with Gasteiger partial charge in [-0.05, 0) is 5.56 Å². The highest BCUT2D eigenvalue weighted by atomic mass is 32.1. The van der Waals surface area contributed by atoms with Crippen molar-refractivity contribution in [3.05, 3.63) is 72.2 Å². The van der Waals surface area contributed by atoms with E-state index in [9.17, 15) is 0 Å². The largest absolute Gasteiger partial charge is 0.275 e. The zero-order valence-electron chi connectivity index (χ0n) is 11.7. The van der Waals surface area contributed by atoms with Crippen LogP contribution in [0.25, 0.3) is 33.1 Å². The Labute approximate surface area is 132 Å². The Balaban J connectivity index is 1.76. The van der Waals surface area contributed by atoms with E-state index in [0.29, 0.717) is 0 Å². The fraction of sp³-hybridized carbons (Fsp3) is 0. The molecule has 4 heteroatoms. The van der Waals surface area contributed by atoms with Crippen LogP contribution < -0.4 is 0 Å². The van der Waals surface area contributed by atoms with Crippen molar-refractivity contribution in [2.45, 2.75) is 0 Å². The van der Waals surface area contributed by atoms with Gasteiger partial charge < -0.3 is 0 Å². The monoisotopic (exact) mass is 303 g/mol. The molecule has 0 aliphatic carbocycles. The van der Waals surface area contributed by atoms with Gasteiger partial charge in [0.2, 0.25) is 0 Å². The van der Waals surface area contributed by atoms with Gasteiger partial charge in [0, 0.05) is 16.5 Å². The summed E-state index contributed by atoms with van der Waals surface area (Å²) in [6, 6.07) is 20.5.